The van der Waals surface area contributed by atoms with Crippen LogP contribution in [0.25, 0.3) is 10.6 Å². The summed E-state index contributed by atoms with van der Waals surface area (Å²) in [5.74, 6) is -0.237. The standard InChI is InChI=1S/C19H26F3N3O3S/c1-3-4-8-27-9-5-10-28-15-7-6-13(11-14(15)19(20,21)22)16-24-25-17(29-16)18(2,23)12-26/h6-7,11,26H,3-5,8-10,12,23H2,1-2H3. The van der Waals surface area contributed by atoms with Gasteiger partial charge in [-0.1, -0.05) is 24.7 Å². The molecule has 0 aliphatic heterocycles. The van der Waals surface area contributed by atoms with Crippen LogP contribution in [-0.4, -0.2) is 41.7 Å². The zero-order valence-electron chi connectivity index (χ0n) is 16.5. The van der Waals surface area contributed by atoms with E-state index in [4.69, 9.17) is 15.2 Å². The summed E-state index contributed by atoms with van der Waals surface area (Å²) >= 11 is 1.04. The predicted molar refractivity (Wildman–Crippen MR) is 105 cm³/mol. The van der Waals surface area contributed by atoms with E-state index in [2.05, 4.69) is 17.1 Å². The molecule has 0 amide bonds. The number of aliphatic hydroxyl groups is 1. The Morgan fingerprint density at radius 2 is 1.86 bits per heavy atom. The number of benzene rings is 1. The van der Waals surface area contributed by atoms with Crippen molar-refractivity contribution in [3.8, 4) is 16.3 Å². The molecule has 0 aliphatic rings. The van der Waals surface area contributed by atoms with E-state index in [1.165, 1.54) is 12.1 Å². The van der Waals surface area contributed by atoms with Crippen molar-refractivity contribution in [1.82, 2.24) is 10.2 Å². The number of ether oxygens (including phenoxy) is 2. The van der Waals surface area contributed by atoms with Gasteiger partial charge < -0.3 is 20.3 Å². The van der Waals surface area contributed by atoms with Gasteiger partial charge in [-0.05, 0) is 31.5 Å². The fourth-order valence-corrected chi connectivity index (χ4v) is 3.23. The zero-order chi connectivity index (χ0) is 21.5. The highest BCUT2D eigenvalue weighted by atomic mass is 32.1. The molecule has 0 aliphatic carbocycles. The largest absolute Gasteiger partial charge is 0.493 e. The van der Waals surface area contributed by atoms with Crippen molar-refractivity contribution in [2.24, 2.45) is 5.73 Å². The lowest BCUT2D eigenvalue weighted by Gasteiger charge is -2.17. The smallest absolute Gasteiger partial charge is 0.419 e. The van der Waals surface area contributed by atoms with E-state index in [1.54, 1.807) is 6.92 Å². The zero-order valence-corrected chi connectivity index (χ0v) is 17.3. The van der Waals surface area contributed by atoms with E-state index >= 15 is 0 Å². The van der Waals surface area contributed by atoms with Crippen LogP contribution in [0.3, 0.4) is 0 Å². The molecular weight excluding hydrogens is 407 g/mol. The first-order valence-corrected chi connectivity index (χ1v) is 10.2. The van der Waals surface area contributed by atoms with E-state index in [0.717, 1.165) is 30.2 Å². The third-order valence-corrected chi connectivity index (χ3v) is 5.36. The number of hydrogen-bond donors (Lipinski definition) is 2. The van der Waals surface area contributed by atoms with Gasteiger partial charge in [0.1, 0.15) is 15.8 Å². The Balaban J connectivity index is 2.12. The molecule has 0 fully saturated rings. The Morgan fingerprint density at radius 3 is 2.52 bits per heavy atom. The first-order chi connectivity index (χ1) is 13.7. The van der Waals surface area contributed by atoms with Crippen LogP contribution in [0, 0.1) is 0 Å². The van der Waals surface area contributed by atoms with E-state index < -0.39 is 17.3 Å². The van der Waals surface area contributed by atoms with Crippen LogP contribution in [0.1, 0.15) is 43.7 Å². The minimum Gasteiger partial charge on any atom is -0.493 e. The van der Waals surface area contributed by atoms with Gasteiger partial charge >= 0.3 is 6.18 Å². The second kappa shape index (κ2) is 10.3. The van der Waals surface area contributed by atoms with Crippen LogP contribution in [0.4, 0.5) is 13.2 Å². The van der Waals surface area contributed by atoms with Crippen LogP contribution < -0.4 is 10.5 Å². The van der Waals surface area contributed by atoms with Crippen LogP contribution >= 0.6 is 11.3 Å². The third kappa shape index (κ3) is 6.63. The molecular formula is C19H26F3N3O3S. The van der Waals surface area contributed by atoms with Crippen molar-refractivity contribution in [2.75, 3.05) is 26.4 Å². The maximum Gasteiger partial charge on any atom is 0.419 e. The molecule has 162 valence electrons. The summed E-state index contributed by atoms with van der Waals surface area (Å²) in [5.41, 5.74) is 4.18. The first-order valence-electron chi connectivity index (χ1n) is 9.35. The molecule has 0 bridgehead atoms. The number of unbranched alkanes of at least 4 members (excludes halogenated alkanes) is 1. The fraction of sp³-hybridized carbons (Fsp3) is 0.579. The molecule has 29 heavy (non-hydrogen) atoms. The normalized spacial score (nSPS) is 14.0. The molecule has 0 saturated heterocycles. The second-order valence-corrected chi connectivity index (χ2v) is 7.84. The van der Waals surface area contributed by atoms with Gasteiger partial charge in [0.15, 0.2) is 0 Å². The summed E-state index contributed by atoms with van der Waals surface area (Å²) in [7, 11) is 0. The maximum absolute atomic E-state index is 13.5. The predicted octanol–water partition coefficient (Wildman–Crippen LogP) is 3.98. The average Bonchev–Trinajstić information content (AvgIpc) is 3.18. The van der Waals surface area contributed by atoms with Gasteiger partial charge in [-0.3, -0.25) is 0 Å². The summed E-state index contributed by atoms with van der Waals surface area (Å²) in [6, 6.07) is 3.77. The van der Waals surface area contributed by atoms with Gasteiger partial charge in [-0.2, -0.15) is 13.2 Å². The van der Waals surface area contributed by atoms with Crippen molar-refractivity contribution < 1.29 is 27.8 Å². The lowest BCUT2D eigenvalue weighted by atomic mass is 10.1. The molecule has 0 spiro atoms. The lowest BCUT2D eigenvalue weighted by Crippen LogP contribution is -2.36. The lowest BCUT2D eigenvalue weighted by molar-refractivity contribution is -0.138. The highest BCUT2D eigenvalue weighted by Gasteiger charge is 2.35. The molecule has 0 radical (unpaired) electrons. The van der Waals surface area contributed by atoms with Gasteiger partial charge in [0.05, 0.1) is 24.3 Å². The first kappa shape index (κ1) is 23.5. The number of aliphatic hydroxyl groups excluding tert-OH is 1. The van der Waals surface area contributed by atoms with Crippen molar-refractivity contribution in [3.05, 3.63) is 28.8 Å². The summed E-state index contributed by atoms with van der Waals surface area (Å²) < 4.78 is 51.3. The Morgan fingerprint density at radius 1 is 1.14 bits per heavy atom. The van der Waals surface area contributed by atoms with Crippen molar-refractivity contribution in [1.29, 1.82) is 0 Å². The van der Waals surface area contributed by atoms with E-state index in [0.29, 0.717) is 24.6 Å². The summed E-state index contributed by atoms with van der Waals surface area (Å²) in [5, 5.41) is 17.8. The maximum atomic E-state index is 13.5. The number of nitrogens with zero attached hydrogens (tertiary/aromatic N) is 2. The average molecular weight is 433 g/mol. The molecule has 2 aromatic rings. The van der Waals surface area contributed by atoms with Crippen molar-refractivity contribution >= 4 is 11.3 Å². The monoisotopic (exact) mass is 433 g/mol. The minimum absolute atomic E-state index is 0.125. The molecule has 6 nitrogen and oxygen atoms in total. The van der Waals surface area contributed by atoms with Gasteiger partial charge in [-0.25, -0.2) is 0 Å². The van der Waals surface area contributed by atoms with Crippen LogP contribution in [0.5, 0.6) is 5.75 Å². The van der Waals surface area contributed by atoms with Crippen LogP contribution in [-0.2, 0) is 16.5 Å². The number of nitrogens with two attached hydrogens (primary N) is 1. The molecule has 1 heterocycles. The Bertz CT molecular complexity index is 782. The van der Waals surface area contributed by atoms with Gasteiger partial charge in [0.25, 0.3) is 0 Å². The van der Waals surface area contributed by atoms with Gasteiger partial charge in [-0.15, -0.1) is 10.2 Å². The molecule has 1 aromatic carbocycles. The van der Waals surface area contributed by atoms with Gasteiger partial charge in [0, 0.05) is 25.2 Å². The molecule has 0 saturated carbocycles. The number of hydrogen-bond acceptors (Lipinski definition) is 7. The number of aromatic nitrogens is 2. The Hall–Kier alpha value is -1.75. The number of alkyl halides is 3. The third-order valence-electron chi connectivity index (χ3n) is 4.11. The topological polar surface area (TPSA) is 90.5 Å². The van der Waals surface area contributed by atoms with E-state index in [9.17, 15) is 18.3 Å². The number of halogens is 3. The summed E-state index contributed by atoms with van der Waals surface area (Å²) in [6.45, 7) is 4.47. The van der Waals surface area contributed by atoms with Crippen LogP contribution in [0.15, 0.2) is 18.2 Å². The Kier molecular flexibility index (Phi) is 8.38. The van der Waals surface area contributed by atoms with E-state index in [-0.39, 0.29) is 29.5 Å². The van der Waals surface area contributed by atoms with Gasteiger partial charge in [0.2, 0.25) is 0 Å². The highest BCUT2D eigenvalue weighted by molar-refractivity contribution is 7.14. The number of rotatable bonds is 11. The highest BCUT2D eigenvalue weighted by Crippen LogP contribution is 2.39. The molecule has 2 rings (SSSR count). The molecule has 10 heteroatoms. The SMILES string of the molecule is CCCCOCCCOc1ccc(-c2nnc(C(C)(N)CO)s2)cc1C(F)(F)F. The molecule has 1 aromatic heterocycles. The fourth-order valence-electron chi connectivity index (χ4n) is 2.34. The summed E-state index contributed by atoms with van der Waals surface area (Å²) in [6.07, 6.45) is -2.10. The Labute approximate surface area is 171 Å². The molecule has 1 unspecified atom stereocenters. The second-order valence-electron chi connectivity index (χ2n) is 6.86. The quantitative estimate of drug-likeness (QED) is 0.521. The van der Waals surface area contributed by atoms with Crippen molar-refractivity contribution in [2.45, 2.75) is 44.8 Å². The molecule has 1 atom stereocenters. The van der Waals surface area contributed by atoms with E-state index in [1.807, 2.05) is 0 Å². The molecule has 3 N–H and O–H groups in total. The summed E-state index contributed by atoms with van der Waals surface area (Å²) in [4.78, 5) is 0. The minimum atomic E-state index is -4.58. The van der Waals surface area contributed by atoms with Crippen molar-refractivity contribution in [3.63, 3.8) is 0 Å². The van der Waals surface area contributed by atoms with Crippen LogP contribution in [0.2, 0.25) is 0 Å².